The average molecular weight is 529 g/mol. The number of fused-ring (bicyclic) bond motifs is 4. The van der Waals surface area contributed by atoms with Gasteiger partial charge in [0.2, 0.25) is 0 Å². The lowest BCUT2D eigenvalue weighted by Crippen LogP contribution is -2.07. The molecule has 8 rings (SSSR count). The van der Waals surface area contributed by atoms with Crippen molar-refractivity contribution in [2.45, 2.75) is 38.5 Å². The molecular formula is C39H32N2. The number of aryl methyl sites for hydroxylation is 2. The molecule has 1 unspecified atom stereocenters. The molecule has 2 heteroatoms. The summed E-state index contributed by atoms with van der Waals surface area (Å²) >= 11 is 0. The first-order chi connectivity index (χ1) is 20.3. The minimum atomic E-state index is 0.300. The van der Waals surface area contributed by atoms with E-state index < -0.39 is 0 Å². The third-order valence-corrected chi connectivity index (χ3v) is 8.94. The Morgan fingerprint density at radius 1 is 0.805 bits per heavy atom. The second kappa shape index (κ2) is 9.74. The first kappa shape index (κ1) is 24.1. The summed E-state index contributed by atoms with van der Waals surface area (Å²) in [7, 11) is 0. The van der Waals surface area contributed by atoms with E-state index in [0.29, 0.717) is 5.92 Å². The van der Waals surface area contributed by atoms with Gasteiger partial charge < -0.3 is 0 Å². The van der Waals surface area contributed by atoms with Crippen molar-refractivity contribution in [3.8, 4) is 11.1 Å². The van der Waals surface area contributed by atoms with Crippen LogP contribution in [0.1, 0.15) is 48.2 Å². The Bertz CT molecular complexity index is 2010. The zero-order valence-corrected chi connectivity index (χ0v) is 23.3. The third-order valence-electron chi connectivity index (χ3n) is 8.94. The van der Waals surface area contributed by atoms with Gasteiger partial charge in [0.1, 0.15) is 5.82 Å². The van der Waals surface area contributed by atoms with E-state index in [2.05, 4.69) is 133 Å². The average Bonchev–Trinajstić information content (AvgIpc) is 3.42. The van der Waals surface area contributed by atoms with Crippen molar-refractivity contribution >= 4 is 44.4 Å². The molecule has 0 bridgehead atoms. The standard InChI is InChI=1S/C39H32N2/c1-2-37-40-35-17-9-10-18-36(35)41(37)30-23-21-27(22-24-30)38-31-13-5-7-15-33(31)39(34-16-8-6-14-32(34)38)29-20-19-26-11-3-4-12-28(26)25-29/h4-10,12-21,23-25,27H,2-3,11,22H2,1H3. The lowest BCUT2D eigenvalue weighted by atomic mass is 9.81. The Morgan fingerprint density at radius 2 is 1.54 bits per heavy atom. The summed E-state index contributed by atoms with van der Waals surface area (Å²) in [5.74, 6) is 1.41. The highest BCUT2D eigenvalue weighted by atomic mass is 15.1. The van der Waals surface area contributed by atoms with Crippen molar-refractivity contribution in [3.63, 3.8) is 0 Å². The summed E-state index contributed by atoms with van der Waals surface area (Å²) < 4.78 is 2.34. The van der Waals surface area contributed by atoms with Crippen LogP contribution in [-0.4, -0.2) is 9.55 Å². The number of benzene rings is 5. The van der Waals surface area contributed by atoms with Crippen molar-refractivity contribution in [2.24, 2.45) is 0 Å². The van der Waals surface area contributed by atoms with Crippen LogP contribution in [-0.2, 0) is 12.8 Å². The second-order valence-corrected chi connectivity index (χ2v) is 11.3. The van der Waals surface area contributed by atoms with Gasteiger partial charge in [-0.15, -0.1) is 0 Å². The highest BCUT2D eigenvalue weighted by Crippen LogP contribution is 2.44. The minimum absolute atomic E-state index is 0.300. The van der Waals surface area contributed by atoms with Crippen molar-refractivity contribution in [2.75, 3.05) is 0 Å². The van der Waals surface area contributed by atoms with Crippen LogP contribution in [0.3, 0.4) is 0 Å². The maximum absolute atomic E-state index is 4.91. The smallest absolute Gasteiger partial charge is 0.114 e. The first-order valence-corrected chi connectivity index (χ1v) is 14.9. The lowest BCUT2D eigenvalue weighted by molar-refractivity contribution is 0.851. The molecule has 0 fully saturated rings. The molecule has 0 N–H and O–H groups in total. The Balaban J connectivity index is 1.28. The van der Waals surface area contributed by atoms with E-state index in [1.54, 1.807) is 0 Å². The zero-order valence-electron chi connectivity index (χ0n) is 23.3. The molecule has 2 aliphatic carbocycles. The quantitative estimate of drug-likeness (QED) is 0.208. The summed E-state index contributed by atoms with van der Waals surface area (Å²) in [5.41, 5.74) is 10.3. The van der Waals surface area contributed by atoms with E-state index in [-0.39, 0.29) is 0 Å². The van der Waals surface area contributed by atoms with Crippen molar-refractivity contribution in [3.05, 3.63) is 138 Å². The fraction of sp³-hybridized carbons (Fsp3) is 0.154. The van der Waals surface area contributed by atoms with Gasteiger partial charge in [-0.25, -0.2) is 4.98 Å². The molecule has 198 valence electrons. The molecule has 1 heterocycles. The SMILES string of the molecule is CCc1nc2ccccc2n1C1=CCC(c2c3ccccc3c(-c3ccc4c(c3)C=CCC4)c3ccccc23)C=C1. The van der Waals surface area contributed by atoms with Gasteiger partial charge in [0.25, 0.3) is 0 Å². The Morgan fingerprint density at radius 3 is 2.27 bits per heavy atom. The summed E-state index contributed by atoms with van der Waals surface area (Å²) in [5, 5.41) is 5.36. The monoisotopic (exact) mass is 528 g/mol. The van der Waals surface area contributed by atoms with Gasteiger partial charge in [0, 0.05) is 18.0 Å². The van der Waals surface area contributed by atoms with E-state index in [1.165, 1.54) is 60.6 Å². The molecule has 2 aliphatic rings. The lowest BCUT2D eigenvalue weighted by Gasteiger charge is -2.24. The molecule has 6 aromatic rings. The number of para-hydroxylation sites is 2. The normalized spacial score (nSPS) is 16.4. The van der Waals surface area contributed by atoms with Crippen molar-refractivity contribution in [1.82, 2.24) is 9.55 Å². The molecule has 5 aromatic carbocycles. The molecule has 0 saturated carbocycles. The van der Waals surface area contributed by atoms with Gasteiger partial charge in [0.15, 0.2) is 0 Å². The predicted octanol–water partition coefficient (Wildman–Crippen LogP) is 10.1. The van der Waals surface area contributed by atoms with Crippen LogP contribution in [0.2, 0.25) is 0 Å². The molecule has 0 saturated heterocycles. The predicted molar refractivity (Wildman–Crippen MR) is 174 cm³/mol. The van der Waals surface area contributed by atoms with Crippen LogP contribution in [0.25, 0.3) is 55.5 Å². The number of aromatic nitrogens is 2. The van der Waals surface area contributed by atoms with Gasteiger partial charge in [-0.05, 0) is 92.9 Å². The molecule has 41 heavy (non-hydrogen) atoms. The molecule has 0 radical (unpaired) electrons. The third kappa shape index (κ3) is 3.89. The van der Waals surface area contributed by atoms with E-state index in [1.807, 2.05) is 0 Å². The number of rotatable bonds is 4. The van der Waals surface area contributed by atoms with E-state index >= 15 is 0 Å². The van der Waals surface area contributed by atoms with E-state index in [4.69, 9.17) is 4.98 Å². The van der Waals surface area contributed by atoms with Gasteiger partial charge in [0.05, 0.1) is 11.0 Å². The molecule has 0 aliphatic heterocycles. The number of hydrogen-bond donors (Lipinski definition) is 0. The van der Waals surface area contributed by atoms with Crippen LogP contribution in [0, 0.1) is 0 Å². The summed E-state index contributed by atoms with van der Waals surface area (Å²) in [6, 6.07) is 33.6. The van der Waals surface area contributed by atoms with E-state index in [0.717, 1.165) is 37.0 Å². The second-order valence-electron chi connectivity index (χ2n) is 11.3. The highest BCUT2D eigenvalue weighted by molar-refractivity contribution is 6.15. The van der Waals surface area contributed by atoms with Crippen LogP contribution in [0.5, 0.6) is 0 Å². The van der Waals surface area contributed by atoms with Crippen LogP contribution >= 0.6 is 0 Å². The molecule has 1 atom stereocenters. The zero-order chi connectivity index (χ0) is 27.3. The van der Waals surface area contributed by atoms with E-state index in [9.17, 15) is 0 Å². The molecule has 2 nitrogen and oxygen atoms in total. The summed E-state index contributed by atoms with van der Waals surface area (Å²) in [6.07, 6.45) is 15.9. The molecule has 1 aromatic heterocycles. The largest absolute Gasteiger partial charge is 0.297 e. The van der Waals surface area contributed by atoms with Gasteiger partial charge >= 0.3 is 0 Å². The fourth-order valence-corrected chi connectivity index (χ4v) is 7.05. The van der Waals surface area contributed by atoms with Crippen LogP contribution < -0.4 is 0 Å². The fourth-order valence-electron chi connectivity index (χ4n) is 7.05. The van der Waals surface area contributed by atoms with Crippen molar-refractivity contribution < 1.29 is 0 Å². The number of imidazole rings is 1. The van der Waals surface area contributed by atoms with Gasteiger partial charge in [-0.2, -0.15) is 0 Å². The Hall–Kier alpha value is -4.69. The number of hydrogen-bond acceptors (Lipinski definition) is 1. The van der Waals surface area contributed by atoms with Crippen LogP contribution in [0.15, 0.2) is 115 Å². The Kier molecular flexibility index (Phi) is 5.74. The highest BCUT2D eigenvalue weighted by Gasteiger charge is 2.22. The Labute approximate surface area is 241 Å². The number of allylic oxidation sites excluding steroid dienone is 5. The number of nitrogens with zero attached hydrogens (tertiary/aromatic N) is 2. The topological polar surface area (TPSA) is 17.8 Å². The summed E-state index contributed by atoms with van der Waals surface area (Å²) in [6.45, 7) is 2.19. The molecular weight excluding hydrogens is 496 g/mol. The van der Waals surface area contributed by atoms with Crippen molar-refractivity contribution in [1.29, 1.82) is 0 Å². The maximum Gasteiger partial charge on any atom is 0.114 e. The van der Waals surface area contributed by atoms with Gasteiger partial charge in [-0.3, -0.25) is 4.57 Å². The summed E-state index contributed by atoms with van der Waals surface area (Å²) in [4.78, 5) is 4.91. The first-order valence-electron chi connectivity index (χ1n) is 14.9. The maximum atomic E-state index is 4.91. The minimum Gasteiger partial charge on any atom is -0.297 e. The van der Waals surface area contributed by atoms with Gasteiger partial charge in [-0.1, -0.05) is 104 Å². The molecule has 0 spiro atoms. The van der Waals surface area contributed by atoms with Crippen LogP contribution in [0.4, 0.5) is 0 Å². The molecule has 0 amide bonds.